The van der Waals surface area contributed by atoms with Crippen LogP contribution < -0.4 is 28.3 Å². The number of rotatable bonds is 49. The van der Waals surface area contributed by atoms with Crippen LogP contribution in [0.1, 0.15) is 213 Å². The van der Waals surface area contributed by atoms with Crippen molar-refractivity contribution in [3.8, 4) is 0 Å². The minimum atomic E-state index is -1.60. The molecule has 3 fully saturated rings. The number of nitrogens with zero attached hydrogens (tertiary/aromatic N) is 1. The van der Waals surface area contributed by atoms with Gasteiger partial charge in [-0.15, -0.1) is 0 Å². The van der Waals surface area contributed by atoms with Gasteiger partial charge >= 0.3 is 0 Å². The van der Waals surface area contributed by atoms with Gasteiger partial charge in [0.1, 0.15) is 67.8 Å². The lowest BCUT2D eigenvalue weighted by molar-refractivity contribution is -0.306. The third kappa shape index (κ3) is 29.9. The average Bonchev–Trinajstić information content (AvgIpc) is 3.70. The molecule has 2 heterocycles. The lowest BCUT2D eigenvalue weighted by atomic mass is 9.84. The highest BCUT2D eigenvalue weighted by Gasteiger charge is 2.50. The van der Waals surface area contributed by atoms with Crippen LogP contribution >= 0.6 is 0 Å². The van der Waals surface area contributed by atoms with E-state index in [1.165, 1.54) is 128 Å². The fourth-order valence-corrected chi connectivity index (χ4v) is 11.3. The molecular weight excluding hydrogens is 1100 g/mol. The van der Waals surface area contributed by atoms with E-state index in [0.29, 0.717) is 13.1 Å². The van der Waals surface area contributed by atoms with Crippen LogP contribution in [-0.2, 0) is 38.0 Å². The predicted octanol–water partition coefficient (Wildman–Crippen LogP) is 4.23. The highest BCUT2D eigenvalue weighted by atomic mass is 16.7. The van der Waals surface area contributed by atoms with Gasteiger partial charge in [-0.05, 0) is 70.6 Å². The molecule has 498 valence electrons. The molecular formula is C63H120N6O16. The fraction of sp³-hybridized carbons (Fsp3) is 0.905. The van der Waals surface area contributed by atoms with E-state index in [1.54, 1.807) is 0 Å². The number of carbonyl (C=O) groups excluding carboxylic acids is 2. The lowest BCUT2D eigenvalue weighted by Crippen LogP contribution is -2.67. The van der Waals surface area contributed by atoms with Crippen molar-refractivity contribution in [1.82, 2.24) is 10.2 Å². The molecule has 0 bridgehead atoms. The summed E-state index contributed by atoms with van der Waals surface area (Å²) in [6.07, 6.45) is 24.9. The monoisotopic (exact) mass is 1220 g/mol. The molecule has 2 aliphatic heterocycles. The number of aliphatic hydroxyl groups is 8. The van der Waals surface area contributed by atoms with Crippen LogP contribution in [0.5, 0.6) is 0 Å². The summed E-state index contributed by atoms with van der Waals surface area (Å²) in [6, 6.07) is -4.37. The summed E-state index contributed by atoms with van der Waals surface area (Å²) in [4.78, 5) is 28.9. The third-order valence-corrected chi connectivity index (χ3v) is 17.0. The van der Waals surface area contributed by atoms with Crippen molar-refractivity contribution in [2.75, 3.05) is 46.2 Å². The van der Waals surface area contributed by atoms with Crippen molar-refractivity contribution >= 4 is 11.8 Å². The minimum Gasteiger partial charge on any atom is -0.394 e. The first-order chi connectivity index (χ1) is 41.1. The Morgan fingerprint density at radius 3 is 1.47 bits per heavy atom. The topological polar surface area (TPSA) is 371 Å². The number of amides is 2. The largest absolute Gasteiger partial charge is 0.394 e. The second-order valence-corrected chi connectivity index (χ2v) is 24.1. The van der Waals surface area contributed by atoms with Crippen molar-refractivity contribution in [2.24, 2.45) is 22.9 Å². The van der Waals surface area contributed by atoms with Gasteiger partial charge in [0.2, 0.25) is 11.8 Å². The molecule has 2 amide bonds. The molecule has 0 spiro atoms. The van der Waals surface area contributed by atoms with Crippen molar-refractivity contribution in [1.29, 1.82) is 0 Å². The number of hydrogen-bond acceptors (Lipinski definition) is 20. The zero-order valence-electron chi connectivity index (χ0n) is 52.1. The van der Waals surface area contributed by atoms with Crippen LogP contribution in [-0.4, -0.2) is 208 Å². The number of ether oxygens (including phenoxy) is 6. The molecule has 17 atom stereocenters. The molecule has 0 aromatic heterocycles. The molecule has 22 nitrogen and oxygen atoms in total. The minimum absolute atomic E-state index is 0.00137. The van der Waals surface area contributed by atoms with Crippen LogP contribution in [0.25, 0.3) is 0 Å². The molecule has 1 saturated carbocycles. The zero-order chi connectivity index (χ0) is 62.2. The maximum Gasteiger partial charge on any atom is 0.223 e. The van der Waals surface area contributed by atoms with Crippen molar-refractivity contribution in [3.05, 3.63) is 24.3 Å². The third-order valence-electron chi connectivity index (χ3n) is 17.0. The SMILES string of the molecule is CCCCCCCC/C=C\CCCCCCCCN(CCCCCCCC/C=C\CCCCCCCC)C(=O)CCC(=O)NCC1O[C@H](OC(CO)[C@@H](CO)OCOC2C(O)[C@H](N)CC(N)[C@H]2O[C@H]2OC(CO)[C@@H](O)C(O)C2N)C(N)C(O)[C@@H]1O. The summed E-state index contributed by atoms with van der Waals surface area (Å²) in [5.74, 6) is -0.548. The average molecular weight is 1220 g/mol. The van der Waals surface area contributed by atoms with Gasteiger partial charge < -0.3 is 102 Å². The van der Waals surface area contributed by atoms with Gasteiger partial charge in [-0.3, -0.25) is 9.59 Å². The van der Waals surface area contributed by atoms with Crippen LogP contribution in [0.2, 0.25) is 0 Å². The first-order valence-electron chi connectivity index (χ1n) is 33.1. The highest BCUT2D eigenvalue weighted by molar-refractivity contribution is 5.83. The molecule has 3 aliphatic rings. The summed E-state index contributed by atoms with van der Waals surface area (Å²) in [5.41, 5.74) is 24.9. The summed E-state index contributed by atoms with van der Waals surface area (Å²) >= 11 is 0. The van der Waals surface area contributed by atoms with Crippen molar-refractivity contribution in [2.45, 2.75) is 317 Å². The molecule has 3 rings (SSSR count). The molecule has 10 unspecified atom stereocenters. The van der Waals surface area contributed by atoms with E-state index in [-0.39, 0.29) is 31.7 Å². The van der Waals surface area contributed by atoms with E-state index >= 15 is 0 Å². The summed E-state index contributed by atoms with van der Waals surface area (Å²) in [6.45, 7) is 2.67. The normalized spacial score (nSPS) is 29.0. The Morgan fingerprint density at radius 1 is 0.541 bits per heavy atom. The fourth-order valence-electron chi connectivity index (χ4n) is 11.3. The molecule has 17 N–H and O–H groups in total. The van der Waals surface area contributed by atoms with E-state index in [9.17, 15) is 50.4 Å². The van der Waals surface area contributed by atoms with E-state index in [0.717, 1.165) is 51.4 Å². The Balaban J connectivity index is 1.48. The van der Waals surface area contributed by atoms with Gasteiger partial charge in [-0.25, -0.2) is 0 Å². The first kappa shape index (κ1) is 76.9. The molecule has 0 aromatic rings. The number of aliphatic hydroxyl groups excluding tert-OH is 8. The molecule has 2 saturated heterocycles. The smallest absolute Gasteiger partial charge is 0.223 e. The van der Waals surface area contributed by atoms with E-state index in [2.05, 4.69) is 43.5 Å². The van der Waals surface area contributed by atoms with Gasteiger partial charge in [-0.1, -0.05) is 154 Å². The first-order valence-corrected chi connectivity index (χ1v) is 33.1. The Hall–Kier alpha value is -2.30. The molecule has 22 heteroatoms. The van der Waals surface area contributed by atoms with Gasteiger partial charge in [-0.2, -0.15) is 0 Å². The molecule has 1 aliphatic carbocycles. The maximum atomic E-state index is 13.7. The second-order valence-electron chi connectivity index (χ2n) is 24.1. The standard InChI is InChI=1S/C63H120N6O16/c1-3-5-7-9-11-13-15-17-19-21-23-25-27-29-31-33-37-69(38-34-32-30-28-26-24-22-20-18-16-14-12-10-8-6-4-2)52(74)36-35-51(73)68-40-47-56(76)58(78)53(66)62(82-47)83-49(42-71)48(41-70)80-44-81-61-55(75)45(64)39-46(65)60(61)85-63-54(67)59(79)57(77)50(43-72)84-63/h17-20,45-50,53-63,70-72,75-79H,3-16,21-44,64-67H2,1-2H3,(H,68,73)/b19-17-,20-18-/t45-,46?,47?,48-,49?,50?,53?,54?,55?,56-,57-,58?,59?,60-,61?,62-,63-/m1/s1. The number of nitrogens with one attached hydrogen (secondary N) is 1. The second kappa shape index (κ2) is 46.7. The summed E-state index contributed by atoms with van der Waals surface area (Å²) in [7, 11) is 0. The Bertz CT molecular complexity index is 1700. The lowest BCUT2D eigenvalue weighted by Gasteiger charge is -2.46. The number of allylic oxidation sites excluding steroid dienone is 4. The summed E-state index contributed by atoms with van der Waals surface area (Å²) < 4.78 is 35.1. The molecule has 0 radical (unpaired) electrons. The predicted molar refractivity (Wildman–Crippen MR) is 327 cm³/mol. The van der Waals surface area contributed by atoms with Crippen molar-refractivity contribution in [3.63, 3.8) is 0 Å². The van der Waals surface area contributed by atoms with E-state index in [4.69, 9.17) is 51.4 Å². The number of carbonyl (C=O) groups is 2. The molecule has 0 aromatic carbocycles. The van der Waals surface area contributed by atoms with E-state index < -0.39 is 136 Å². The quantitative estimate of drug-likeness (QED) is 0.0230. The van der Waals surface area contributed by atoms with Crippen LogP contribution in [0.3, 0.4) is 0 Å². The van der Waals surface area contributed by atoms with Gasteiger partial charge in [0.15, 0.2) is 12.6 Å². The van der Waals surface area contributed by atoms with Crippen LogP contribution in [0.15, 0.2) is 24.3 Å². The number of hydrogen-bond donors (Lipinski definition) is 13. The zero-order valence-corrected chi connectivity index (χ0v) is 52.1. The molecule has 85 heavy (non-hydrogen) atoms. The van der Waals surface area contributed by atoms with Crippen molar-refractivity contribution < 1.29 is 78.9 Å². The highest BCUT2D eigenvalue weighted by Crippen LogP contribution is 2.30. The Morgan fingerprint density at radius 2 is 0.988 bits per heavy atom. The van der Waals surface area contributed by atoms with E-state index in [1.807, 2.05) is 4.90 Å². The van der Waals surface area contributed by atoms with Gasteiger partial charge in [0.25, 0.3) is 0 Å². The van der Waals surface area contributed by atoms with Gasteiger partial charge in [0, 0.05) is 44.6 Å². The maximum absolute atomic E-state index is 13.7. The number of nitrogens with two attached hydrogens (primary N) is 4. The Labute approximate surface area is 509 Å². The summed E-state index contributed by atoms with van der Waals surface area (Å²) in [5, 5.41) is 86.9. The van der Waals surface area contributed by atoms with Gasteiger partial charge in [0.05, 0.1) is 38.0 Å². The van der Waals surface area contributed by atoms with Crippen LogP contribution in [0, 0.1) is 0 Å². The van der Waals surface area contributed by atoms with Crippen LogP contribution in [0.4, 0.5) is 0 Å². The number of unbranched alkanes of at least 4 members (excludes halogenated alkanes) is 24. The Kier molecular flexibility index (Phi) is 42.3.